The average molecular weight is 346 g/mol. The monoisotopic (exact) mass is 346 g/mol. The summed E-state index contributed by atoms with van der Waals surface area (Å²) in [6, 6.07) is 10.1. The van der Waals surface area contributed by atoms with Gasteiger partial charge in [-0.2, -0.15) is 0 Å². The number of hydrogen-bond acceptors (Lipinski definition) is 5. The van der Waals surface area contributed by atoms with E-state index in [9.17, 15) is 0 Å². The third kappa shape index (κ3) is 2.50. The zero-order valence-corrected chi connectivity index (χ0v) is 14.4. The number of aryl methyl sites for hydroxylation is 1. The predicted molar refractivity (Wildman–Crippen MR) is 98.0 cm³/mol. The highest BCUT2D eigenvalue weighted by molar-refractivity contribution is 5.87. The van der Waals surface area contributed by atoms with E-state index in [0.717, 1.165) is 39.7 Å². The molecule has 130 valence electrons. The van der Waals surface area contributed by atoms with E-state index in [4.69, 9.17) is 9.47 Å². The summed E-state index contributed by atoms with van der Waals surface area (Å²) < 4.78 is 14.3. The fourth-order valence-electron chi connectivity index (χ4n) is 3.55. The maximum absolute atomic E-state index is 6.24. The molecule has 0 N–H and O–H groups in total. The van der Waals surface area contributed by atoms with E-state index >= 15 is 0 Å². The molecular weight excluding hydrogens is 328 g/mol. The molecule has 0 amide bonds. The summed E-state index contributed by atoms with van der Waals surface area (Å²) in [6.45, 7) is 2.54. The van der Waals surface area contributed by atoms with Crippen LogP contribution in [0.4, 0.5) is 0 Å². The molecule has 4 aromatic rings. The van der Waals surface area contributed by atoms with Gasteiger partial charge in [0.25, 0.3) is 0 Å². The molecule has 4 heterocycles. The molecule has 0 saturated carbocycles. The van der Waals surface area contributed by atoms with Crippen molar-refractivity contribution in [3.05, 3.63) is 60.9 Å². The van der Waals surface area contributed by atoms with E-state index in [1.54, 1.807) is 12.5 Å². The standard InChI is InChI=1S/C20H18N4O2/c1-13-16-6-8-24(20(16)23-12-22-13)19-9-15(11-25-19)26-18-4-2-3-14-5-7-21-10-17(14)18/h2-8,10,12,15,19H,9,11H2,1H3. The Labute approximate surface area is 150 Å². The lowest BCUT2D eigenvalue weighted by molar-refractivity contribution is 0.0528. The summed E-state index contributed by atoms with van der Waals surface area (Å²) in [6.07, 6.45) is 7.93. The first-order chi connectivity index (χ1) is 12.8. The average Bonchev–Trinajstić information content (AvgIpc) is 3.29. The van der Waals surface area contributed by atoms with Crippen LogP contribution in [0.1, 0.15) is 18.3 Å². The van der Waals surface area contributed by atoms with Gasteiger partial charge in [0.1, 0.15) is 30.1 Å². The third-order valence-electron chi connectivity index (χ3n) is 4.90. The molecular formula is C20H18N4O2. The molecule has 1 aromatic carbocycles. The van der Waals surface area contributed by atoms with Gasteiger partial charge in [0, 0.05) is 35.8 Å². The molecule has 3 aromatic heterocycles. The fourth-order valence-corrected chi connectivity index (χ4v) is 3.55. The second-order valence-corrected chi connectivity index (χ2v) is 6.54. The highest BCUT2D eigenvalue weighted by Gasteiger charge is 2.29. The van der Waals surface area contributed by atoms with Crippen molar-refractivity contribution in [1.29, 1.82) is 0 Å². The highest BCUT2D eigenvalue weighted by Crippen LogP contribution is 2.32. The van der Waals surface area contributed by atoms with E-state index in [-0.39, 0.29) is 12.3 Å². The van der Waals surface area contributed by atoms with Crippen molar-refractivity contribution in [2.75, 3.05) is 6.61 Å². The van der Waals surface area contributed by atoms with Crippen LogP contribution in [0.5, 0.6) is 5.75 Å². The number of fused-ring (bicyclic) bond motifs is 2. The Morgan fingerprint density at radius 1 is 1.15 bits per heavy atom. The Morgan fingerprint density at radius 2 is 2.12 bits per heavy atom. The van der Waals surface area contributed by atoms with Gasteiger partial charge in [-0.1, -0.05) is 12.1 Å². The normalized spacial score (nSPS) is 20.0. The van der Waals surface area contributed by atoms with Gasteiger partial charge >= 0.3 is 0 Å². The third-order valence-corrected chi connectivity index (χ3v) is 4.90. The number of pyridine rings is 1. The van der Waals surface area contributed by atoms with Crippen molar-refractivity contribution >= 4 is 21.8 Å². The summed E-state index contributed by atoms with van der Waals surface area (Å²) in [5.41, 5.74) is 1.88. The minimum atomic E-state index is -0.0834. The van der Waals surface area contributed by atoms with Crippen LogP contribution < -0.4 is 4.74 Å². The quantitative estimate of drug-likeness (QED) is 0.566. The summed E-state index contributed by atoms with van der Waals surface area (Å²) in [5.74, 6) is 0.848. The lowest BCUT2D eigenvalue weighted by Crippen LogP contribution is -2.16. The first kappa shape index (κ1) is 15.3. The molecule has 0 aliphatic carbocycles. The second-order valence-electron chi connectivity index (χ2n) is 6.54. The lowest BCUT2D eigenvalue weighted by Gasteiger charge is -2.15. The van der Waals surface area contributed by atoms with Crippen LogP contribution in [-0.2, 0) is 4.74 Å². The van der Waals surface area contributed by atoms with Gasteiger partial charge < -0.3 is 14.0 Å². The van der Waals surface area contributed by atoms with Crippen LogP contribution >= 0.6 is 0 Å². The zero-order chi connectivity index (χ0) is 17.5. The van der Waals surface area contributed by atoms with Crippen LogP contribution in [-0.4, -0.2) is 32.2 Å². The number of ether oxygens (including phenoxy) is 2. The van der Waals surface area contributed by atoms with Crippen LogP contribution in [0.25, 0.3) is 21.8 Å². The van der Waals surface area contributed by atoms with E-state index in [2.05, 4.69) is 25.6 Å². The van der Waals surface area contributed by atoms with Crippen molar-refractivity contribution in [2.45, 2.75) is 25.7 Å². The molecule has 1 aliphatic heterocycles. The van der Waals surface area contributed by atoms with Gasteiger partial charge in [0.15, 0.2) is 0 Å². The van der Waals surface area contributed by atoms with Crippen molar-refractivity contribution in [3.63, 3.8) is 0 Å². The van der Waals surface area contributed by atoms with E-state index in [0.29, 0.717) is 6.61 Å². The summed E-state index contributed by atoms with van der Waals surface area (Å²) in [5, 5.41) is 3.20. The van der Waals surface area contributed by atoms with Crippen molar-refractivity contribution in [3.8, 4) is 5.75 Å². The van der Waals surface area contributed by atoms with Crippen molar-refractivity contribution < 1.29 is 9.47 Å². The van der Waals surface area contributed by atoms with Crippen LogP contribution in [0, 0.1) is 6.92 Å². The second kappa shape index (κ2) is 6.07. The molecule has 6 heteroatoms. The van der Waals surface area contributed by atoms with E-state index in [1.807, 2.05) is 43.6 Å². The smallest absolute Gasteiger partial charge is 0.145 e. The van der Waals surface area contributed by atoms with Crippen LogP contribution in [0.3, 0.4) is 0 Å². The van der Waals surface area contributed by atoms with Gasteiger partial charge in [-0.05, 0) is 30.5 Å². The topological polar surface area (TPSA) is 62.1 Å². The van der Waals surface area contributed by atoms with Gasteiger partial charge in [-0.25, -0.2) is 9.97 Å². The molecule has 1 aliphatic rings. The predicted octanol–water partition coefficient (Wildman–Crippen LogP) is 3.65. The van der Waals surface area contributed by atoms with E-state index < -0.39 is 0 Å². The molecule has 0 radical (unpaired) electrons. The molecule has 2 atom stereocenters. The number of hydrogen-bond donors (Lipinski definition) is 0. The van der Waals surface area contributed by atoms with Gasteiger partial charge in [0.05, 0.1) is 12.3 Å². The molecule has 1 saturated heterocycles. The first-order valence-electron chi connectivity index (χ1n) is 8.69. The molecule has 6 nitrogen and oxygen atoms in total. The Hall–Kier alpha value is -2.99. The molecule has 26 heavy (non-hydrogen) atoms. The summed E-state index contributed by atoms with van der Waals surface area (Å²) >= 11 is 0. The van der Waals surface area contributed by atoms with Crippen LogP contribution in [0.2, 0.25) is 0 Å². The van der Waals surface area contributed by atoms with Gasteiger partial charge in [-0.3, -0.25) is 4.98 Å². The minimum absolute atomic E-state index is 0.00816. The van der Waals surface area contributed by atoms with Gasteiger partial charge in [-0.15, -0.1) is 0 Å². The number of aromatic nitrogens is 4. The summed E-state index contributed by atoms with van der Waals surface area (Å²) in [7, 11) is 0. The minimum Gasteiger partial charge on any atom is -0.487 e. The van der Waals surface area contributed by atoms with Crippen molar-refractivity contribution in [1.82, 2.24) is 19.5 Å². The zero-order valence-electron chi connectivity index (χ0n) is 14.4. The first-order valence-corrected chi connectivity index (χ1v) is 8.69. The molecule has 0 spiro atoms. The molecule has 0 bridgehead atoms. The number of rotatable bonds is 3. The van der Waals surface area contributed by atoms with E-state index in [1.165, 1.54) is 0 Å². The Kier molecular flexibility index (Phi) is 3.57. The largest absolute Gasteiger partial charge is 0.487 e. The molecule has 1 fully saturated rings. The Morgan fingerprint density at radius 3 is 3.08 bits per heavy atom. The molecule has 2 unspecified atom stereocenters. The van der Waals surface area contributed by atoms with Crippen LogP contribution in [0.15, 0.2) is 55.2 Å². The maximum Gasteiger partial charge on any atom is 0.145 e. The summed E-state index contributed by atoms with van der Waals surface area (Å²) in [4.78, 5) is 12.9. The fraction of sp³-hybridized carbons (Fsp3) is 0.250. The van der Waals surface area contributed by atoms with Gasteiger partial charge in [0.2, 0.25) is 0 Å². The maximum atomic E-state index is 6.24. The number of benzene rings is 1. The molecule has 5 rings (SSSR count). The Bertz CT molecular complexity index is 1090. The highest BCUT2D eigenvalue weighted by atomic mass is 16.6. The number of nitrogens with zero attached hydrogens (tertiary/aromatic N) is 4. The van der Waals surface area contributed by atoms with Crippen molar-refractivity contribution in [2.24, 2.45) is 0 Å². The Balaban J connectivity index is 1.39. The lowest BCUT2D eigenvalue weighted by atomic mass is 10.1. The SMILES string of the molecule is Cc1ncnc2c1ccn2C1CC(Oc2cccc3ccncc23)CO1.